The molecule has 0 radical (unpaired) electrons. The molecule has 0 aromatic heterocycles. The fraction of sp³-hybridized carbons (Fsp3) is 0.533. The standard InChI is InChI=1S/C15H22N2O3/c1-11-10-17(9-8-16-11)15(18)12(2)20-14-6-4-13(19-3)5-7-14/h4-7,11-12,16H,8-10H2,1-3H3. The lowest BCUT2D eigenvalue weighted by atomic mass is 10.2. The van der Waals surface area contributed by atoms with E-state index >= 15 is 0 Å². The number of rotatable bonds is 4. The molecule has 1 aliphatic heterocycles. The summed E-state index contributed by atoms with van der Waals surface area (Å²) in [6, 6.07) is 7.59. The van der Waals surface area contributed by atoms with Gasteiger partial charge >= 0.3 is 0 Å². The number of nitrogens with one attached hydrogen (secondary N) is 1. The molecule has 5 nitrogen and oxygen atoms in total. The number of methoxy groups -OCH3 is 1. The number of ether oxygens (including phenoxy) is 2. The van der Waals surface area contributed by atoms with Gasteiger partial charge in [-0.1, -0.05) is 0 Å². The smallest absolute Gasteiger partial charge is 0.263 e. The van der Waals surface area contributed by atoms with Crippen LogP contribution in [0, 0.1) is 0 Å². The van der Waals surface area contributed by atoms with Gasteiger partial charge in [-0.15, -0.1) is 0 Å². The SMILES string of the molecule is COc1ccc(OC(C)C(=O)N2CCNC(C)C2)cc1. The molecule has 2 rings (SSSR count). The zero-order valence-corrected chi connectivity index (χ0v) is 12.3. The molecule has 20 heavy (non-hydrogen) atoms. The van der Waals surface area contributed by atoms with Crippen LogP contribution in [0.25, 0.3) is 0 Å². The molecule has 0 aliphatic carbocycles. The van der Waals surface area contributed by atoms with E-state index in [0.717, 1.165) is 25.4 Å². The highest BCUT2D eigenvalue weighted by Gasteiger charge is 2.25. The Bertz CT molecular complexity index is 447. The molecule has 1 fully saturated rings. The number of amides is 1. The lowest BCUT2D eigenvalue weighted by molar-refractivity contribution is -0.139. The first-order chi connectivity index (χ1) is 9.60. The van der Waals surface area contributed by atoms with Crippen molar-refractivity contribution < 1.29 is 14.3 Å². The zero-order valence-electron chi connectivity index (χ0n) is 12.3. The first-order valence-corrected chi connectivity index (χ1v) is 6.93. The Morgan fingerprint density at radius 1 is 1.35 bits per heavy atom. The molecule has 2 unspecified atom stereocenters. The molecule has 110 valence electrons. The van der Waals surface area contributed by atoms with Crippen molar-refractivity contribution in [3.8, 4) is 11.5 Å². The second kappa shape index (κ2) is 6.61. The topological polar surface area (TPSA) is 50.8 Å². The second-order valence-corrected chi connectivity index (χ2v) is 5.08. The van der Waals surface area contributed by atoms with Crippen LogP contribution in [0.15, 0.2) is 24.3 Å². The molecule has 1 amide bonds. The molecular formula is C15H22N2O3. The molecule has 1 N–H and O–H groups in total. The van der Waals surface area contributed by atoms with Crippen molar-refractivity contribution in [1.29, 1.82) is 0 Å². The molecule has 0 spiro atoms. The summed E-state index contributed by atoms with van der Waals surface area (Å²) >= 11 is 0. The molecule has 2 atom stereocenters. The average Bonchev–Trinajstić information content (AvgIpc) is 2.47. The summed E-state index contributed by atoms with van der Waals surface area (Å²) in [5.41, 5.74) is 0. The first kappa shape index (κ1) is 14.7. The van der Waals surface area contributed by atoms with Crippen LogP contribution in [0.2, 0.25) is 0 Å². The van der Waals surface area contributed by atoms with Gasteiger partial charge in [-0.25, -0.2) is 0 Å². The molecule has 1 saturated heterocycles. The van der Waals surface area contributed by atoms with Crippen LogP contribution < -0.4 is 14.8 Å². The van der Waals surface area contributed by atoms with E-state index in [1.807, 2.05) is 29.2 Å². The normalized spacial score (nSPS) is 20.4. The Hall–Kier alpha value is -1.75. The van der Waals surface area contributed by atoms with E-state index < -0.39 is 6.10 Å². The van der Waals surface area contributed by atoms with Crippen LogP contribution >= 0.6 is 0 Å². The van der Waals surface area contributed by atoms with Gasteiger partial charge in [0.05, 0.1) is 7.11 Å². The lowest BCUT2D eigenvalue weighted by Crippen LogP contribution is -2.54. The van der Waals surface area contributed by atoms with Gasteiger partial charge in [-0.05, 0) is 38.1 Å². The summed E-state index contributed by atoms with van der Waals surface area (Å²) in [7, 11) is 1.62. The molecule has 1 aromatic rings. The van der Waals surface area contributed by atoms with Crippen LogP contribution in [0.4, 0.5) is 0 Å². The summed E-state index contributed by atoms with van der Waals surface area (Å²) in [5, 5.41) is 3.32. The molecule has 1 heterocycles. The van der Waals surface area contributed by atoms with Gasteiger partial charge in [0, 0.05) is 25.7 Å². The summed E-state index contributed by atoms with van der Waals surface area (Å²) < 4.78 is 10.8. The van der Waals surface area contributed by atoms with E-state index in [1.54, 1.807) is 14.0 Å². The van der Waals surface area contributed by atoms with Gasteiger partial charge in [-0.2, -0.15) is 0 Å². The van der Waals surface area contributed by atoms with E-state index in [0.29, 0.717) is 11.8 Å². The molecule has 1 aromatic carbocycles. The van der Waals surface area contributed by atoms with E-state index in [1.165, 1.54) is 0 Å². The Labute approximate surface area is 119 Å². The summed E-state index contributed by atoms with van der Waals surface area (Å²) in [6.07, 6.45) is -0.478. The molecule has 1 aliphatic rings. The van der Waals surface area contributed by atoms with Crippen molar-refractivity contribution >= 4 is 5.91 Å². The number of nitrogens with zero attached hydrogens (tertiary/aromatic N) is 1. The third-order valence-corrected chi connectivity index (χ3v) is 3.40. The first-order valence-electron chi connectivity index (χ1n) is 6.93. The number of carbonyl (C=O) groups excluding carboxylic acids is 1. The van der Waals surface area contributed by atoms with Crippen molar-refractivity contribution in [2.45, 2.75) is 26.0 Å². The Morgan fingerprint density at radius 3 is 2.60 bits per heavy atom. The maximum absolute atomic E-state index is 12.3. The van der Waals surface area contributed by atoms with Crippen LogP contribution in [0.5, 0.6) is 11.5 Å². The summed E-state index contributed by atoms with van der Waals surface area (Å²) in [6.45, 7) is 6.17. The van der Waals surface area contributed by atoms with Gasteiger partial charge in [0.1, 0.15) is 11.5 Å². The molecular weight excluding hydrogens is 256 g/mol. The Morgan fingerprint density at radius 2 is 2.00 bits per heavy atom. The third kappa shape index (κ3) is 3.63. The van der Waals surface area contributed by atoms with Gasteiger partial charge in [0.15, 0.2) is 6.10 Å². The maximum Gasteiger partial charge on any atom is 0.263 e. The lowest BCUT2D eigenvalue weighted by Gasteiger charge is -2.33. The van der Waals surface area contributed by atoms with Crippen molar-refractivity contribution in [1.82, 2.24) is 10.2 Å². The van der Waals surface area contributed by atoms with Crippen LogP contribution in [0.3, 0.4) is 0 Å². The van der Waals surface area contributed by atoms with Crippen LogP contribution in [0.1, 0.15) is 13.8 Å². The van der Waals surface area contributed by atoms with E-state index in [4.69, 9.17) is 9.47 Å². The minimum Gasteiger partial charge on any atom is -0.497 e. The molecule has 5 heteroatoms. The summed E-state index contributed by atoms with van der Waals surface area (Å²) in [5.74, 6) is 1.48. The monoisotopic (exact) mass is 278 g/mol. The highest BCUT2D eigenvalue weighted by molar-refractivity contribution is 5.81. The van der Waals surface area contributed by atoms with Crippen LogP contribution in [-0.4, -0.2) is 49.7 Å². The van der Waals surface area contributed by atoms with E-state index in [-0.39, 0.29) is 5.91 Å². The molecule has 0 bridgehead atoms. The van der Waals surface area contributed by atoms with Crippen molar-refractivity contribution in [3.05, 3.63) is 24.3 Å². The quantitative estimate of drug-likeness (QED) is 0.901. The number of piperazine rings is 1. The predicted octanol–water partition coefficient (Wildman–Crippen LogP) is 1.28. The molecule has 0 saturated carbocycles. The maximum atomic E-state index is 12.3. The van der Waals surface area contributed by atoms with E-state index in [2.05, 4.69) is 12.2 Å². The second-order valence-electron chi connectivity index (χ2n) is 5.08. The number of hydrogen-bond donors (Lipinski definition) is 1. The predicted molar refractivity (Wildman–Crippen MR) is 77.1 cm³/mol. The fourth-order valence-electron chi connectivity index (χ4n) is 2.30. The zero-order chi connectivity index (χ0) is 14.5. The largest absolute Gasteiger partial charge is 0.497 e. The van der Waals surface area contributed by atoms with Gasteiger partial charge in [0.25, 0.3) is 5.91 Å². The summed E-state index contributed by atoms with van der Waals surface area (Å²) in [4.78, 5) is 14.2. The average molecular weight is 278 g/mol. The Balaban J connectivity index is 1.92. The van der Waals surface area contributed by atoms with Crippen molar-refractivity contribution in [2.24, 2.45) is 0 Å². The number of benzene rings is 1. The van der Waals surface area contributed by atoms with Gasteiger partial charge in [-0.3, -0.25) is 4.79 Å². The number of carbonyl (C=O) groups is 1. The van der Waals surface area contributed by atoms with Crippen molar-refractivity contribution in [3.63, 3.8) is 0 Å². The minimum atomic E-state index is -0.478. The number of hydrogen-bond acceptors (Lipinski definition) is 4. The minimum absolute atomic E-state index is 0.0363. The highest BCUT2D eigenvalue weighted by Crippen LogP contribution is 2.18. The van der Waals surface area contributed by atoms with E-state index in [9.17, 15) is 4.79 Å². The Kier molecular flexibility index (Phi) is 4.84. The highest BCUT2D eigenvalue weighted by atomic mass is 16.5. The van der Waals surface area contributed by atoms with Gasteiger partial charge < -0.3 is 19.7 Å². The van der Waals surface area contributed by atoms with Crippen molar-refractivity contribution in [2.75, 3.05) is 26.7 Å². The van der Waals surface area contributed by atoms with Gasteiger partial charge in [0.2, 0.25) is 0 Å². The fourth-order valence-corrected chi connectivity index (χ4v) is 2.30. The van der Waals surface area contributed by atoms with Crippen LogP contribution in [-0.2, 0) is 4.79 Å². The third-order valence-electron chi connectivity index (χ3n) is 3.40.